The first-order valence-corrected chi connectivity index (χ1v) is 10.2. The van der Waals surface area contributed by atoms with E-state index in [1.54, 1.807) is 0 Å². The fraction of sp³-hybridized carbons (Fsp3) is 0.875. The summed E-state index contributed by atoms with van der Waals surface area (Å²) in [6.45, 7) is 1.84. The van der Waals surface area contributed by atoms with Gasteiger partial charge >= 0.3 is 5.97 Å². The molecule has 3 rings (SSSR count). The lowest BCUT2D eigenvalue weighted by molar-refractivity contribution is -0.146. The van der Waals surface area contributed by atoms with Crippen molar-refractivity contribution in [3.05, 3.63) is 0 Å². The van der Waals surface area contributed by atoms with Crippen molar-refractivity contribution in [1.29, 1.82) is 0 Å². The Balaban J connectivity index is 1.65. The maximum absolute atomic E-state index is 12.6. The van der Waals surface area contributed by atoms with Crippen molar-refractivity contribution in [3.63, 3.8) is 0 Å². The summed E-state index contributed by atoms with van der Waals surface area (Å²) in [7, 11) is -2.93. The number of amides is 1. The Bertz CT molecular complexity index is 614. The van der Waals surface area contributed by atoms with Crippen LogP contribution < -0.4 is 5.32 Å². The minimum absolute atomic E-state index is 0.0834. The second-order valence-electron chi connectivity index (χ2n) is 7.81. The minimum Gasteiger partial charge on any atom is -0.481 e. The van der Waals surface area contributed by atoms with Gasteiger partial charge in [-0.05, 0) is 44.4 Å². The van der Waals surface area contributed by atoms with Gasteiger partial charge in [-0.3, -0.25) is 9.59 Å². The summed E-state index contributed by atoms with van der Waals surface area (Å²) in [6.07, 6.45) is 4.95. The van der Waals surface area contributed by atoms with Crippen molar-refractivity contribution in [2.75, 3.05) is 11.5 Å². The van der Waals surface area contributed by atoms with Crippen LogP contribution in [0.1, 0.15) is 51.9 Å². The average Bonchev–Trinajstić information content (AvgIpc) is 3.17. The third kappa shape index (κ3) is 3.12. The first kappa shape index (κ1) is 16.7. The molecule has 130 valence electrons. The highest BCUT2D eigenvalue weighted by molar-refractivity contribution is 7.91. The number of carboxylic acid groups (broad SMARTS) is 1. The summed E-state index contributed by atoms with van der Waals surface area (Å²) < 4.78 is 23.1. The smallest absolute Gasteiger partial charge is 0.308 e. The molecule has 1 heterocycles. The minimum atomic E-state index is -2.93. The first-order valence-electron chi connectivity index (χ1n) is 8.43. The zero-order valence-corrected chi connectivity index (χ0v) is 14.3. The molecule has 0 bridgehead atoms. The second kappa shape index (κ2) is 5.46. The summed E-state index contributed by atoms with van der Waals surface area (Å²) >= 11 is 0. The summed E-state index contributed by atoms with van der Waals surface area (Å²) in [6, 6.07) is 0. The van der Waals surface area contributed by atoms with Gasteiger partial charge in [0.15, 0.2) is 0 Å². The molecule has 7 heteroatoms. The standard InChI is InChI=1S/C16H25NO5S/c1-15(5-3-2-4-11(15)14(19)20)17-13(18)12-10-16(12)6-8-23(21,22)9-7-16/h11-12H,2-10H2,1H3,(H,17,18)(H,19,20)/t11-,12+,15+/m1/s1. The molecule has 1 saturated heterocycles. The van der Waals surface area contributed by atoms with E-state index in [0.717, 1.165) is 19.3 Å². The lowest BCUT2D eigenvalue weighted by atomic mass is 9.73. The van der Waals surface area contributed by atoms with E-state index < -0.39 is 27.3 Å². The highest BCUT2D eigenvalue weighted by Crippen LogP contribution is 2.60. The summed E-state index contributed by atoms with van der Waals surface area (Å²) in [5, 5.41) is 12.4. The number of aliphatic carboxylic acids is 1. The molecule has 0 aromatic carbocycles. The van der Waals surface area contributed by atoms with Crippen molar-refractivity contribution in [3.8, 4) is 0 Å². The summed E-state index contributed by atoms with van der Waals surface area (Å²) in [5.41, 5.74) is -0.842. The van der Waals surface area contributed by atoms with Gasteiger partial charge in [0, 0.05) is 5.92 Å². The highest BCUT2D eigenvalue weighted by atomic mass is 32.2. The van der Waals surface area contributed by atoms with E-state index in [-0.39, 0.29) is 28.7 Å². The van der Waals surface area contributed by atoms with E-state index in [2.05, 4.69) is 5.32 Å². The van der Waals surface area contributed by atoms with Crippen molar-refractivity contribution >= 4 is 21.7 Å². The van der Waals surface area contributed by atoms with Crippen LogP contribution in [0.5, 0.6) is 0 Å². The van der Waals surface area contributed by atoms with Gasteiger partial charge in [0.2, 0.25) is 5.91 Å². The normalized spacial score (nSPS) is 38.0. The Morgan fingerprint density at radius 2 is 1.74 bits per heavy atom. The van der Waals surface area contributed by atoms with Crippen molar-refractivity contribution in [1.82, 2.24) is 5.32 Å². The molecular formula is C16H25NO5S. The van der Waals surface area contributed by atoms with Gasteiger partial charge in [-0.2, -0.15) is 0 Å². The predicted molar refractivity (Wildman–Crippen MR) is 84.6 cm³/mol. The molecular weight excluding hydrogens is 318 g/mol. The number of rotatable bonds is 3. The van der Waals surface area contributed by atoms with Gasteiger partial charge in [0.1, 0.15) is 9.84 Å². The van der Waals surface area contributed by atoms with Gasteiger partial charge in [-0.25, -0.2) is 8.42 Å². The molecule has 3 fully saturated rings. The second-order valence-corrected chi connectivity index (χ2v) is 10.1. The average molecular weight is 343 g/mol. The highest BCUT2D eigenvalue weighted by Gasteiger charge is 2.60. The number of nitrogens with one attached hydrogen (secondary N) is 1. The largest absolute Gasteiger partial charge is 0.481 e. The molecule has 1 amide bonds. The molecule has 2 N–H and O–H groups in total. The van der Waals surface area contributed by atoms with E-state index in [0.29, 0.717) is 25.7 Å². The number of hydrogen-bond acceptors (Lipinski definition) is 4. The van der Waals surface area contributed by atoms with Crippen LogP contribution in [-0.2, 0) is 19.4 Å². The molecule has 0 aromatic rings. The molecule has 0 unspecified atom stereocenters. The summed E-state index contributed by atoms with van der Waals surface area (Å²) in [4.78, 5) is 24.1. The number of sulfone groups is 1. The molecule has 3 aliphatic rings. The van der Waals surface area contributed by atoms with E-state index in [1.165, 1.54) is 0 Å². The van der Waals surface area contributed by atoms with E-state index in [1.807, 2.05) is 6.92 Å². The van der Waals surface area contributed by atoms with Gasteiger partial charge in [-0.15, -0.1) is 0 Å². The maximum atomic E-state index is 12.6. The Hall–Kier alpha value is -1.11. The predicted octanol–water partition coefficient (Wildman–Crippen LogP) is 1.35. The Labute approximate surface area is 136 Å². The fourth-order valence-electron chi connectivity index (χ4n) is 4.46. The third-order valence-corrected chi connectivity index (χ3v) is 7.90. The number of carbonyl (C=O) groups excluding carboxylic acids is 1. The van der Waals surface area contributed by atoms with Crippen LogP contribution in [0.25, 0.3) is 0 Å². The van der Waals surface area contributed by atoms with Crippen molar-refractivity contribution in [2.24, 2.45) is 17.3 Å². The number of hydrogen-bond donors (Lipinski definition) is 2. The molecule has 6 nitrogen and oxygen atoms in total. The molecule has 1 spiro atoms. The van der Waals surface area contributed by atoms with Crippen molar-refractivity contribution < 1.29 is 23.1 Å². The fourth-order valence-corrected chi connectivity index (χ4v) is 6.10. The molecule has 0 radical (unpaired) electrons. The van der Waals surface area contributed by atoms with Crippen LogP contribution in [0.2, 0.25) is 0 Å². The van der Waals surface area contributed by atoms with Crippen LogP contribution in [0, 0.1) is 17.3 Å². The Morgan fingerprint density at radius 3 is 2.35 bits per heavy atom. The van der Waals surface area contributed by atoms with E-state index >= 15 is 0 Å². The zero-order valence-electron chi connectivity index (χ0n) is 13.5. The topological polar surface area (TPSA) is 101 Å². The molecule has 2 aliphatic carbocycles. The summed E-state index contributed by atoms with van der Waals surface area (Å²) in [5.74, 6) is -1.27. The number of carbonyl (C=O) groups is 2. The molecule has 2 saturated carbocycles. The molecule has 3 atom stereocenters. The van der Waals surface area contributed by atoms with Crippen molar-refractivity contribution in [2.45, 2.75) is 57.4 Å². The van der Waals surface area contributed by atoms with Crippen LogP contribution in [0.4, 0.5) is 0 Å². The zero-order chi connectivity index (χ0) is 16.9. The Morgan fingerprint density at radius 1 is 1.09 bits per heavy atom. The van der Waals surface area contributed by atoms with Gasteiger partial charge in [0.25, 0.3) is 0 Å². The van der Waals surface area contributed by atoms with E-state index in [9.17, 15) is 23.1 Å². The van der Waals surface area contributed by atoms with Crippen LogP contribution in [-0.4, -0.2) is 42.4 Å². The van der Waals surface area contributed by atoms with Crippen LogP contribution in [0.3, 0.4) is 0 Å². The SMILES string of the molecule is C[C@]1(NC(=O)[C@@H]2CC23CCS(=O)(=O)CC3)CCCC[C@@H]1C(=O)O. The van der Waals surface area contributed by atoms with E-state index in [4.69, 9.17) is 0 Å². The number of carboxylic acids is 1. The molecule has 1 aliphatic heterocycles. The molecule has 0 aromatic heterocycles. The lowest BCUT2D eigenvalue weighted by Gasteiger charge is -2.40. The lowest BCUT2D eigenvalue weighted by Crippen LogP contribution is -2.56. The first-order chi connectivity index (χ1) is 10.7. The molecule has 23 heavy (non-hydrogen) atoms. The maximum Gasteiger partial charge on any atom is 0.308 e. The Kier molecular flexibility index (Phi) is 3.98. The quantitative estimate of drug-likeness (QED) is 0.805. The van der Waals surface area contributed by atoms with Crippen LogP contribution in [0.15, 0.2) is 0 Å². The van der Waals surface area contributed by atoms with Crippen LogP contribution >= 0.6 is 0 Å². The third-order valence-electron chi connectivity index (χ3n) is 6.24. The van der Waals surface area contributed by atoms with Gasteiger partial charge in [0.05, 0.1) is 23.0 Å². The van der Waals surface area contributed by atoms with Gasteiger partial charge in [-0.1, -0.05) is 12.8 Å². The van der Waals surface area contributed by atoms with Gasteiger partial charge < -0.3 is 10.4 Å². The monoisotopic (exact) mass is 343 g/mol.